The van der Waals surface area contributed by atoms with Gasteiger partial charge in [0.1, 0.15) is 6.04 Å². The summed E-state index contributed by atoms with van der Waals surface area (Å²) in [5, 5.41) is 5.00. The lowest BCUT2D eigenvalue weighted by atomic mass is 9.91. The Morgan fingerprint density at radius 1 is 1.09 bits per heavy atom. The highest BCUT2D eigenvalue weighted by Crippen LogP contribution is 2.43. The van der Waals surface area contributed by atoms with Gasteiger partial charge in [0.15, 0.2) is 5.11 Å². The van der Waals surface area contributed by atoms with Crippen molar-refractivity contribution in [2.45, 2.75) is 45.8 Å². The molecule has 2 saturated heterocycles. The van der Waals surface area contributed by atoms with Gasteiger partial charge in [-0.3, -0.25) is 4.98 Å². The summed E-state index contributed by atoms with van der Waals surface area (Å²) in [4.78, 5) is 9.29. The summed E-state index contributed by atoms with van der Waals surface area (Å²) in [6, 6.07) is 16.6. The van der Waals surface area contributed by atoms with Gasteiger partial charge in [-0.25, -0.2) is 0 Å². The van der Waals surface area contributed by atoms with Gasteiger partial charge >= 0.3 is 0 Å². The zero-order valence-electron chi connectivity index (χ0n) is 20.0. The molecule has 0 aliphatic carbocycles. The molecular weight excluding hydrogens is 462 g/mol. The van der Waals surface area contributed by atoms with Crippen molar-refractivity contribution in [2.75, 3.05) is 22.9 Å². The number of halogens is 1. The smallest absolute Gasteiger partial charge is 0.174 e. The van der Waals surface area contributed by atoms with Gasteiger partial charge in [-0.15, -0.1) is 0 Å². The van der Waals surface area contributed by atoms with Gasteiger partial charge in [0.25, 0.3) is 0 Å². The molecule has 1 N–H and O–H groups in total. The fraction of sp³-hybridized carbons (Fsp3) is 0.407. The van der Waals surface area contributed by atoms with E-state index in [0.717, 1.165) is 41.7 Å². The van der Waals surface area contributed by atoms with Crippen LogP contribution in [0.15, 0.2) is 60.9 Å². The molecule has 2 fully saturated rings. The number of benzene rings is 1. The summed E-state index contributed by atoms with van der Waals surface area (Å²) in [6.45, 7) is 9.79. The second-order valence-electron chi connectivity index (χ2n) is 9.70. The van der Waals surface area contributed by atoms with E-state index in [9.17, 15) is 0 Å². The summed E-state index contributed by atoms with van der Waals surface area (Å²) in [5.74, 6) is 1.33. The summed E-state index contributed by atoms with van der Waals surface area (Å²) < 4.78 is 2.27. The van der Waals surface area contributed by atoms with E-state index in [1.165, 1.54) is 12.1 Å². The highest BCUT2D eigenvalue weighted by molar-refractivity contribution is 7.80. The van der Waals surface area contributed by atoms with Gasteiger partial charge < -0.3 is 19.7 Å². The fourth-order valence-corrected chi connectivity index (χ4v) is 6.32. The molecular formula is C27H32ClN5S. The molecule has 5 rings (SSSR count). The van der Waals surface area contributed by atoms with Gasteiger partial charge in [0.2, 0.25) is 0 Å². The molecule has 34 heavy (non-hydrogen) atoms. The minimum Gasteiger partial charge on any atom is -0.370 e. The van der Waals surface area contributed by atoms with E-state index in [-0.39, 0.29) is 12.1 Å². The van der Waals surface area contributed by atoms with Crippen molar-refractivity contribution in [3.63, 3.8) is 0 Å². The van der Waals surface area contributed by atoms with Crippen molar-refractivity contribution in [2.24, 2.45) is 11.8 Å². The van der Waals surface area contributed by atoms with E-state index < -0.39 is 0 Å². The Hall–Kier alpha value is -2.57. The second-order valence-corrected chi connectivity index (χ2v) is 10.5. The Kier molecular flexibility index (Phi) is 6.54. The average molecular weight is 494 g/mol. The highest BCUT2D eigenvalue weighted by Gasteiger charge is 2.42. The Morgan fingerprint density at radius 2 is 1.88 bits per heavy atom. The first-order valence-corrected chi connectivity index (χ1v) is 12.9. The minimum absolute atomic E-state index is 0.0331. The van der Waals surface area contributed by atoms with Crippen LogP contribution in [0.25, 0.3) is 0 Å². The normalized spacial score (nSPS) is 25.0. The molecule has 178 valence electrons. The quantitative estimate of drug-likeness (QED) is 0.427. The van der Waals surface area contributed by atoms with Crippen LogP contribution in [-0.4, -0.2) is 27.8 Å². The second kappa shape index (κ2) is 9.59. The number of aromatic nitrogens is 2. The molecule has 0 saturated carbocycles. The average Bonchev–Trinajstić information content (AvgIpc) is 3.42. The van der Waals surface area contributed by atoms with Crippen LogP contribution < -0.4 is 15.1 Å². The van der Waals surface area contributed by atoms with E-state index in [4.69, 9.17) is 23.8 Å². The molecule has 1 aromatic carbocycles. The predicted molar refractivity (Wildman–Crippen MR) is 145 cm³/mol. The van der Waals surface area contributed by atoms with Crippen LogP contribution >= 0.6 is 23.8 Å². The topological polar surface area (TPSA) is 36.3 Å². The van der Waals surface area contributed by atoms with Gasteiger partial charge in [0, 0.05) is 43.4 Å². The van der Waals surface area contributed by atoms with Crippen molar-refractivity contribution < 1.29 is 0 Å². The van der Waals surface area contributed by atoms with Crippen molar-refractivity contribution in [3.05, 3.63) is 77.3 Å². The van der Waals surface area contributed by atoms with Crippen molar-refractivity contribution in [3.8, 4) is 0 Å². The molecule has 7 heteroatoms. The van der Waals surface area contributed by atoms with Crippen LogP contribution in [0, 0.1) is 11.8 Å². The summed E-state index contributed by atoms with van der Waals surface area (Å²) in [5.41, 5.74) is 4.28. The number of nitrogens with one attached hydrogen (secondary N) is 1. The van der Waals surface area contributed by atoms with E-state index in [1.54, 1.807) is 0 Å². The SMILES string of the molecule is CCn1cccc1C1C(c2ccccn2)NC(=S)N1c1ccc(N2CC(C)CC(C)C2)c(Cl)c1. The molecule has 2 aromatic heterocycles. The van der Waals surface area contributed by atoms with Crippen LogP contribution in [0.2, 0.25) is 5.02 Å². The molecule has 0 bridgehead atoms. The fourth-order valence-electron chi connectivity index (χ4n) is 5.68. The van der Waals surface area contributed by atoms with Gasteiger partial charge in [-0.2, -0.15) is 0 Å². The highest BCUT2D eigenvalue weighted by atomic mass is 35.5. The monoisotopic (exact) mass is 493 g/mol. The summed E-state index contributed by atoms with van der Waals surface area (Å²) in [7, 11) is 0. The Labute approximate surface area is 212 Å². The number of aryl methyl sites for hydroxylation is 1. The van der Waals surface area contributed by atoms with Crippen molar-refractivity contribution >= 4 is 40.3 Å². The number of hydrogen-bond acceptors (Lipinski definition) is 3. The molecule has 4 atom stereocenters. The minimum atomic E-state index is -0.0591. The lowest BCUT2D eigenvalue weighted by molar-refractivity contribution is 0.357. The molecule has 2 aliphatic heterocycles. The number of hydrogen-bond donors (Lipinski definition) is 1. The number of thiocarbonyl (C=S) groups is 1. The molecule has 0 amide bonds. The van der Waals surface area contributed by atoms with Crippen molar-refractivity contribution in [1.29, 1.82) is 0 Å². The molecule has 4 heterocycles. The molecule has 2 aliphatic rings. The van der Waals surface area contributed by atoms with E-state index in [0.29, 0.717) is 16.9 Å². The third-order valence-corrected chi connectivity index (χ3v) is 7.64. The van der Waals surface area contributed by atoms with Crippen LogP contribution in [0.5, 0.6) is 0 Å². The van der Waals surface area contributed by atoms with Crippen molar-refractivity contribution in [1.82, 2.24) is 14.9 Å². The molecule has 0 spiro atoms. The first-order valence-electron chi connectivity index (χ1n) is 12.2. The summed E-state index contributed by atoms with van der Waals surface area (Å²) in [6.07, 6.45) is 5.23. The van der Waals surface area contributed by atoms with Gasteiger partial charge in [0.05, 0.1) is 22.4 Å². The van der Waals surface area contributed by atoms with Gasteiger partial charge in [-0.05, 0) is 79.9 Å². The van der Waals surface area contributed by atoms with Crippen LogP contribution in [-0.2, 0) is 6.54 Å². The maximum Gasteiger partial charge on any atom is 0.174 e. The number of piperidine rings is 1. The van der Waals surface area contributed by atoms with E-state index >= 15 is 0 Å². The van der Waals surface area contributed by atoms with Crippen LogP contribution in [0.4, 0.5) is 11.4 Å². The van der Waals surface area contributed by atoms with Gasteiger partial charge in [-0.1, -0.05) is 31.5 Å². The Balaban J connectivity index is 1.53. The number of pyridine rings is 1. The third-order valence-electron chi connectivity index (χ3n) is 7.03. The Bertz CT molecular complexity index is 1150. The third kappa shape index (κ3) is 4.29. The maximum atomic E-state index is 6.92. The predicted octanol–water partition coefficient (Wildman–Crippen LogP) is 6.22. The first kappa shape index (κ1) is 23.2. The number of nitrogens with zero attached hydrogens (tertiary/aromatic N) is 4. The zero-order chi connectivity index (χ0) is 23.8. The van der Waals surface area contributed by atoms with E-state index in [1.807, 2.05) is 18.3 Å². The zero-order valence-corrected chi connectivity index (χ0v) is 21.6. The lowest BCUT2D eigenvalue weighted by Gasteiger charge is -2.37. The first-order chi connectivity index (χ1) is 16.5. The van der Waals surface area contributed by atoms with E-state index in [2.05, 4.69) is 88.0 Å². The number of rotatable bonds is 5. The number of anilines is 2. The van der Waals surface area contributed by atoms with Crippen LogP contribution in [0.1, 0.15) is 50.7 Å². The molecule has 0 radical (unpaired) electrons. The Morgan fingerprint density at radius 3 is 2.56 bits per heavy atom. The molecule has 5 nitrogen and oxygen atoms in total. The largest absolute Gasteiger partial charge is 0.370 e. The maximum absolute atomic E-state index is 6.92. The van der Waals surface area contributed by atoms with Crippen LogP contribution in [0.3, 0.4) is 0 Å². The molecule has 3 aromatic rings. The molecule has 4 unspecified atom stereocenters. The lowest BCUT2D eigenvalue weighted by Crippen LogP contribution is -2.38. The summed E-state index contributed by atoms with van der Waals surface area (Å²) >= 11 is 12.8. The standard InChI is InChI=1S/C27H32ClN5S/c1-4-31-13-7-9-24(31)26-25(22-8-5-6-12-29-22)30-27(34)33(26)20-10-11-23(21(28)15-20)32-16-18(2)14-19(3)17-32/h5-13,15,18-19,25-26H,4,14,16-17H2,1-3H3,(H,30,34).